The highest BCUT2D eigenvalue weighted by Crippen LogP contribution is 2.37. The molecular formula is C17H14Cl2N6O6. The molecular weight excluding hydrogens is 455 g/mol. The number of benzene rings is 1. The van der Waals surface area contributed by atoms with Crippen molar-refractivity contribution in [1.82, 2.24) is 25.0 Å². The Hall–Kier alpha value is -3.64. The zero-order valence-electron chi connectivity index (χ0n) is 15.9. The van der Waals surface area contributed by atoms with Gasteiger partial charge in [0.1, 0.15) is 0 Å². The first-order chi connectivity index (χ1) is 14.6. The van der Waals surface area contributed by atoms with E-state index in [-0.39, 0.29) is 38.8 Å². The Bertz CT molecular complexity index is 1320. The fourth-order valence-corrected chi connectivity index (χ4v) is 3.06. The normalized spacial score (nSPS) is 10.9. The van der Waals surface area contributed by atoms with Crippen LogP contribution in [0.3, 0.4) is 0 Å². The van der Waals surface area contributed by atoms with Crippen LogP contribution >= 0.6 is 23.2 Å². The van der Waals surface area contributed by atoms with E-state index >= 15 is 0 Å². The molecule has 3 aromatic rings. The molecule has 0 fully saturated rings. The SMILES string of the molecule is CC(C)c1cc(Oc2c(Cl)cc(-n3nc(NC(=O)O)c(=O)[nH]c3=O)cc2Cl)n[nH]c1=O. The molecule has 0 aliphatic rings. The summed E-state index contributed by atoms with van der Waals surface area (Å²) < 4.78 is 6.30. The van der Waals surface area contributed by atoms with E-state index in [1.54, 1.807) is 5.32 Å². The van der Waals surface area contributed by atoms with Gasteiger partial charge in [0.05, 0.1) is 15.7 Å². The first kappa shape index (κ1) is 22.1. The molecule has 0 atom stereocenters. The number of aromatic nitrogens is 5. The maximum Gasteiger partial charge on any atom is 0.410 e. The van der Waals surface area contributed by atoms with Crippen LogP contribution in [-0.4, -0.2) is 36.2 Å². The molecule has 2 heterocycles. The summed E-state index contributed by atoms with van der Waals surface area (Å²) in [5.41, 5.74) is -1.87. The summed E-state index contributed by atoms with van der Waals surface area (Å²) in [6.07, 6.45) is -1.54. The molecule has 4 N–H and O–H groups in total. The molecule has 1 aromatic carbocycles. The van der Waals surface area contributed by atoms with Gasteiger partial charge in [-0.3, -0.25) is 19.9 Å². The third-order valence-electron chi connectivity index (χ3n) is 3.92. The second-order valence-corrected chi connectivity index (χ2v) is 7.25. The number of nitrogens with one attached hydrogen (secondary N) is 3. The minimum absolute atomic E-state index is 0.0114. The minimum atomic E-state index is -1.54. The number of anilines is 1. The van der Waals surface area contributed by atoms with Crippen molar-refractivity contribution >= 4 is 35.1 Å². The number of aromatic amines is 2. The lowest BCUT2D eigenvalue weighted by atomic mass is 10.1. The van der Waals surface area contributed by atoms with Crippen molar-refractivity contribution in [3.05, 3.63) is 65.0 Å². The van der Waals surface area contributed by atoms with Crippen LogP contribution in [0.2, 0.25) is 10.0 Å². The standard InChI is InChI=1S/C17H14Cl2N6O6/c1-6(2)8-5-11(22-23-14(8)26)31-12-9(18)3-7(4-10(12)19)25-16(28)21-15(27)13(24-25)20-17(29)30/h3-6H,1-2H3,(H,20,24)(H,23,26)(H,29,30)(H,21,27,28). The largest absolute Gasteiger partial charge is 0.465 e. The number of carbonyl (C=O) groups is 1. The Labute approximate surface area is 182 Å². The first-order valence-corrected chi connectivity index (χ1v) is 9.33. The van der Waals surface area contributed by atoms with Crippen LogP contribution in [0, 0.1) is 0 Å². The molecule has 0 saturated heterocycles. The van der Waals surface area contributed by atoms with Gasteiger partial charge in [-0.1, -0.05) is 37.0 Å². The molecule has 0 radical (unpaired) electrons. The summed E-state index contributed by atoms with van der Waals surface area (Å²) in [4.78, 5) is 48.3. The van der Waals surface area contributed by atoms with Crippen LogP contribution < -0.4 is 26.9 Å². The molecule has 3 rings (SSSR count). The summed E-state index contributed by atoms with van der Waals surface area (Å²) in [7, 11) is 0. The van der Waals surface area contributed by atoms with E-state index < -0.39 is 23.2 Å². The van der Waals surface area contributed by atoms with Gasteiger partial charge in [0, 0.05) is 11.6 Å². The summed E-state index contributed by atoms with van der Waals surface area (Å²) in [5, 5.41) is 20.3. The van der Waals surface area contributed by atoms with Crippen LogP contribution in [0.5, 0.6) is 11.6 Å². The van der Waals surface area contributed by atoms with E-state index in [9.17, 15) is 19.2 Å². The number of halogens is 2. The second kappa shape index (κ2) is 8.62. The molecule has 14 heteroatoms. The van der Waals surface area contributed by atoms with Crippen molar-refractivity contribution in [3.63, 3.8) is 0 Å². The molecule has 0 aliphatic carbocycles. The number of hydrogen-bond acceptors (Lipinski definition) is 7. The van der Waals surface area contributed by atoms with Crippen molar-refractivity contribution < 1.29 is 14.6 Å². The monoisotopic (exact) mass is 468 g/mol. The highest BCUT2D eigenvalue weighted by atomic mass is 35.5. The van der Waals surface area contributed by atoms with Gasteiger partial charge in [-0.25, -0.2) is 14.7 Å². The van der Waals surface area contributed by atoms with Gasteiger partial charge < -0.3 is 9.84 Å². The van der Waals surface area contributed by atoms with Crippen molar-refractivity contribution in [2.45, 2.75) is 19.8 Å². The topological polar surface area (TPSA) is 172 Å². The summed E-state index contributed by atoms with van der Waals surface area (Å²) in [5.74, 6) is -0.692. The van der Waals surface area contributed by atoms with Gasteiger partial charge in [0.15, 0.2) is 5.75 Å². The Balaban J connectivity index is 2.03. The summed E-state index contributed by atoms with van der Waals surface area (Å²) in [6.45, 7) is 3.65. The number of amides is 1. The second-order valence-electron chi connectivity index (χ2n) is 6.44. The molecule has 162 valence electrons. The number of nitrogens with zero attached hydrogens (tertiary/aromatic N) is 3. The molecule has 0 bridgehead atoms. The zero-order valence-corrected chi connectivity index (χ0v) is 17.4. The molecule has 0 spiro atoms. The minimum Gasteiger partial charge on any atom is -0.465 e. The maximum atomic E-state index is 12.1. The van der Waals surface area contributed by atoms with Gasteiger partial charge >= 0.3 is 11.8 Å². The van der Waals surface area contributed by atoms with Gasteiger partial charge in [-0.15, -0.1) is 10.2 Å². The van der Waals surface area contributed by atoms with E-state index in [0.717, 1.165) is 0 Å². The predicted molar refractivity (Wildman–Crippen MR) is 111 cm³/mol. The predicted octanol–water partition coefficient (Wildman–Crippen LogP) is 2.32. The Kier molecular flexibility index (Phi) is 6.13. The lowest BCUT2D eigenvalue weighted by Crippen LogP contribution is -2.34. The first-order valence-electron chi connectivity index (χ1n) is 8.57. The number of ether oxygens (including phenoxy) is 1. The summed E-state index contributed by atoms with van der Waals surface area (Å²) in [6, 6.07) is 3.96. The van der Waals surface area contributed by atoms with Crippen LogP contribution in [0.15, 0.2) is 32.6 Å². The smallest absolute Gasteiger partial charge is 0.410 e. The van der Waals surface area contributed by atoms with Crippen molar-refractivity contribution in [2.75, 3.05) is 5.32 Å². The van der Waals surface area contributed by atoms with E-state index in [4.69, 9.17) is 33.0 Å². The Morgan fingerprint density at radius 2 is 1.81 bits per heavy atom. The number of hydrogen-bond donors (Lipinski definition) is 4. The maximum absolute atomic E-state index is 12.1. The average Bonchev–Trinajstić information content (AvgIpc) is 2.67. The van der Waals surface area contributed by atoms with Gasteiger partial charge in [0.2, 0.25) is 11.7 Å². The summed E-state index contributed by atoms with van der Waals surface area (Å²) >= 11 is 12.5. The lowest BCUT2D eigenvalue weighted by Gasteiger charge is -2.12. The number of carboxylic acid groups (broad SMARTS) is 1. The quantitative estimate of drug-likeness (QED) is 0.441. The van der Waals surface area contributed by atoms with E-state index in [1.807, 2.05) is 18.8 Å². The van der Waals surface area contributed by atoms with Crippen LogP contribution in [0.1, 0.15) is 25.3 Å². The third kappa shape index (κ3) is 4.75. The number of rotatable bonds is 5. The fraction of sp³-hybridized carbons (Fsp3) is 0.176. The van der Waals surface area contributed by atoms with E-state index in [2.05, 4.69) is 15.3 Å². The fourth-order valence-electron chi connectivity index (χ4n) is 2.51. The third-order valence-corrected chi connectivity index (χ3v) is 4.48. The van der Waals surface area contributed by atoms with Gasteiger partial charge in [-0.05, 0) is 18.1 Å². The number of H-pyrrole nitrogens is 2. The van der Waals surface area contributed by atoms with Gasteiger partial charge in [0.25, 0.3) is 11.1 Å². The van der Waals surface area contributed by atoms with Gasteiger partial charge in [-0.2, -0.15) is 4.68 Å². The molecule has 0 unspecified atom stereocenters. The molecule has 0 aliphatic heterocycles. The molecule has 12 nitrogen and oxygen atoms in total. The lowest BCUT2D eigenvalue weighted by molar-refractivity contribution is 0.209. The van der Waals surface area contributed by atoms with Crippen molar-refractivity contribution in [3.8, 4) is 17.3 Å². The molecule has 31 heavy (non-hydrogen) atoms. The molecule has 2 aromatic heterocycles. The molecule has 1 amide bonds. The van der Waals surface area contributed by atoms with Crippen molar-refractivity contribution in [1.29, 1.82) is 0 Å². The van der Waals surface area contributed by atoms with Crippen LogP contribution in [-0.2, 0) is 0 Å². The average molecular weight is 469 g/mol. The molecule has 0 saturated carbocycles. The highest BCUT2D eigenvalue weighted by Gasteiger charge is 2.17. The van der Waals surface area contributed by atoms with Crippen molar-refractivity contribution in [2.24, 2.45) is 0 Å². The van der Waals surface area contributed by atoms with Crippen LogP contribution in [0.25, 0.3) is 5.69 Å². The van der Waals surface area contributed by atoms with E-state index in [0.29, 0.717) is 10.2 Å². The van der Waals surface area contributed by atoms with Crippen LogP contribution in [0.4, 0.5) is 10.6 Å². The Morgan fingerprint density at radius 1 is 1.16 bits per heavy atom. The zero-order chi connectivity index (χ0) is 22.9. The van der Waals surface area contributed by atoms with E-state index in [1.165, 1.54) is 18.2 Å². The Morgan fingerprint density at radius 3 is 2.39 bits per heavy atom. The highest BCUT2D eigenvalue weighted by molar-refractivity contribution is 6.37.